The third kappa shape index (κ3) is 3.17. The van der Waals surface area contributed by atoms with Gasteiger partial charge in [0.15, 0.2) is 0 Å². The zero-order valence-corrected chi connectivity index (χ0v) is 10.5. The third-order valence-corrected chi connectivity index (χ3v) is 3.03. The highest BCUT2D eigenvalue weighted by molar-refractivity contribution is 6.29. The van der Waals surface area contributed by atoms with E-state index in [1.165, 1.54) is 0 Å². The van der Waals surface area contributed by atoms with Gasteiger partial charge in [0.25, 0.3) is 0 Å². The van der Waals surface area contributed by atoms with E-state index in [1.54, 1.807) is 19.2 Å². The van der Waals surface area contributed by atoms with Gasteiger partial charge in [0.2, 0.25) is 5.91 Å². The molecule has 92 valence electrons. The first-order valence-electron chi connectivity index (χ1n) is 5.74. The molecule has 0 radical (unpaired) electrons. The van der Waals surface area contributed by atoms with Crippen LogP contribution in [-0.4, -0.2) is 27.9 Å². The van der Waals surface area contributed by atoms with E-state index in [2.05, 4.69) is 4.98 Å². The van der Waals surface area contributed by atoms with Crippen LogP contribution >= 0.6 is 11.6 Å². The Kier molecular flexibility index (Phi) is 3.64. The van der Waals surface area contributed by atoms with Crippen LogP contribution in [-0.2, 0) is 11.3 Å². The van der Waals surface area contributed by atoms with Crippen molar-refractivity contribution in [3.63, 3.8) is 0 Å². The molecular formula is C12H16ClN3O. The molecular weight excluding hydrogens is 238 g/mol. The van der Waals surface area contributed by atoms with Crippen LogP contribution in [0, 0.1) is 0 Å². The van der Waals surface area contributed by atoms with Crippen molar-refractivity contribution in [3.8, 4) is 0 Å². The third-order valence-electron chi connectivity index (χ3n) is 2.80. The van der Waals surface area contributed by atoms with Crippen molar-refractivity contribution in [3.05, 3.63) is 29.0 Å². The zero-order chi connectivity index (χ0) is 12.4. The number of amides is 1. The fourth-order valence-corrected chi connectivity index (χ4v) is 1.84. The number of nitrogens with two attached hydrogens (primary N) is 1. The van der Waals surface area contributed by atoms with Gasteiger partial charge in [-0.1, -0.05) is 17.7 Å². The first-order valence-corrected chi connectivity index (χ1v) is 6.12. The minimum absolute atomic E-state index is 0.00227. The van der Waals surface area contributed by atoms with Gasteiger partial charge in [-0.05, 0) is 31.4 Å². The van der Waals surface area contributed by atoms with Crippen molar-refractivity contribution in [1.82, 2.24) is 9.88 Å². The molecule has 0 aromatic carbocycles. The number of nitrogens with zero attached hydrogens (tertiary/aromatic N) is 2. The Bertz CT molecular complexity index is 401. The van der Waals surface area contributed by atoms with Crippen molar-refractivity contribution in [2.75, 3.05) is 0 Å². The van der Waals surface area contributed by atoms with Gasteiger partial charge in [-0.25, -0.2) is 4.98 Å². The van der Waals surface area contributed by atoms with Gasteiger partial charge in [0, 0.05) is 18.8 Å². The van der Waals surface area contributed by atoms with Crippen molar-refractivity contribution >= 4 is 17.5 Å². The number of carbonyl (C=O) groups is 1. The number of halogens is 1. The molecule has 2 rings (SSSR count). The number of carbonyl (C=O) groups excluding carboxylic acids is 1. The predicted octanol–water partition coefficient (Wildman–Crippen LogP) is 1.57. The summed E-state index contributed by atoms with van der Waals surface area (Å²) in [6.45, 7) is 2.28. The van der Waals surface area contributed by atoms with Crippen LogP contribution in [0.3, 0.4) is 0 Å². The summed E-state index contributed by atoms with van der Waals surface area (Å²) in [4.78, 5) is 17.8. The fourth-order valence-electron chi connectivity index (χ4n) is 1.73. The summed E-state index contributed by atoms with van der Waals surface area (Å²) in [6, 6.07) is 3.53. The van der Waals surface area contributed by atoms with Gasteiger partial charge in [-0.2, -0.15) is 0 Å². The lowest BCUT2D eigenvalue weighted by atomic mass is 10.2. The van der Waals surface area contributed by atoms with E-state index >= 15 is 0 Å². The van der Waals surface area contributed by atoms with Gasteiger partial charge in [-0.3, -0.25) is 4.79 Å². The highest BCUT2D eigenvalue weighted by Gasteiger charge is 2.33. The molecule has 1 aromatic rings. The summed E-state index contributed by atoms with van der Waals surface area (Å²) >= 11 is 5.72. The molecule has 0 bridgehead atoms. The number of hydrogen-bond donors (Lipinski definition) is 1. The molecule has 0 spiro atoms. The molecule has 0 saturated heterocycles. The van der Waals surface area contributed by atoms with E-state index in [0.717, 1.165) is 18.4 Å². The van der Waals surface area contributed by atoms with Crippen LogP contribution in [0.5, 0.6) is 0 Å². The number of hydrogen-bond acceptors (Lipinski definition) is 3. The maximum absolute atomic E-state index is 12.0. The largest absolute Gasteiger partial charge is 0.334 e. The quantitative estimate of drug-likeness (QED) is 0.829. The molecule has 1 aliphatic carbocycles. The smallest absolute Gasteiger partial charge is 0.239 e. The first-order chi connectivity index (χ1) is 8.08. The Hall–Kier alpha value is -1.13. The molecule has 2 N–H and O–H groups in total. The Morgan fingerprint density at radius 3 is 2.82 bits per heavy atom. The van der Waals surface area contributed by atoms with E-state index in [9.17, 15) is 4.79 Å². The summed E-state index contributed by atoms with van der Waals surface area (Å²) < 4.78 is 0. The van der Waals surface area contributed by atoms with Gasteiger partial charge >= 0.3 is 0 Å². The Morgan fingerprint density at radius 1 is 1.65 bits per heavy atom. The Labute approximate surface area is 106 Å². The van der Waals surface area contributed by atoms with Gasteiger partial charge in [-0.15, -0.1) is 0 Å². The normalized spacial score (nSPS) is 16.6. The Morgan fingerprint density at radius 2 is 2.35 bits per heavy atom. The molecule has 1 saturated carbocycles. The SMILES string of the molecule is CC(N)C(=O)N(Cc1ccc(Cl)nc1)C1CC1. The van der Waals surface area contributed by atoms with Crippen LogP contribution < -0.4 is 5.73 Å². The number of pyridine rings is 1. The monoisotopic (exact) mass is 253 g/mol. The molecule has 1 atom stereocenters. The molecule has 0 aliphatic heterocycles. The molecule has 4 nitrogen and oxygen atoms in total. The number of aromatic nitrogens is 1. The lowest BCUT2D eigenvalue weighted by molar-refractivity contribution is -0.133. The average Bonchev–Trinajstić information content (AvgIpc) is 3.11. The van der Waals surface area contributed by atoms with E-state index in [0.29, 0.717) is 17.7 Å². The molecule has 1 amide bonds. The van der Waals surface area contributed by atoms with Gasteiger partial charge in [0.1, 0.15) is 5.15 Å². The highest BCUT2D eigenvalue weighted by atomic mass is 35.5. The Balaban J connectivity index is 2.07. The summed E-state index contributed by atoms with van der Waals surface area (Å²) in [6.07, 6.45) is 3.84. The summed E-state index contributed by atoms with van der Waals surface area (Å²) in [5.74, 6) is 0.00227. The van der Waals surface area contributed by atoms with Crippen LogP contribution in [0.2, 0.25) is 5.15 Å². The maximum Gasteiger partial charge on any atom is 0.239 e. The molecule has 5 heteroatoms. The highest BCUT2D eigenvalue weighted by Crippen LogP contribution is 2.28. The van der Waals surface area contributed by atoms with Crippen molar-refractivity contribution in [2.45, 2.75) is 38.4 Å². The second-order valence-electron chi connectivity index (χ2n) is 4.48. The number of rotatable bonds is 4. The zero-order valence-electron chi connectivity index (χ0n) is 9.77. The minimum atomic E-state index is -0.448. The molecule has 1 aromatic heterocycles. The summed E-state index contributed by atoms with van der Waals surface area (Å²) in [5, 5.41) is 0.463. The van der Waals surface area contributed by atoms with E-state index in [4.69, 9.17) is 17.3 Å². The van der Waals surface area contributed by atoms with Crippen LogP contribution in [0.15, 0.2) is 18.3 Å². The molecule has 1 unspecified atom stereocenters. The first kappa shape index (κ1) is 12.3. The van der Waals surface area contributed by atoms with Crippen LogP contribution in [0.4, 0.5) is 0 Å². The fraction of sp³-hybridized carbons (Fsp3) is 0.500. The molecule has 1 heterocycles. The van der Waals surface area contributed by atoms with Crippen LogP contribution in [0.25, 0.3) is 0 Å². The van der Waals surface area contributed by atoms with Gasteiger partial charge < -0.3 is 10.6 Å². The van der Waals surface area contributed by atoms with E-state index in [-0.39, 0.29) is 5.91 Å². The minimum Gasteiger partial charge on any atom is -0.334 e. The van der Waals surface area contributed by atoms with Crippen LogP contribution in [0.1, 0.15) is 25.3 Å². The molecule has 17 heavy (non-hydrogen) atoms. The predicted molar refractivity (Wildman–Crippen MR) is 66.5 cm³/mol. The van der Waals surface area contributed by atoms with Crippen molar-refractivity contribution in [2.24, 2.45) is 5.73 Å². The summed E-state index contributed by atoms with van der Waals surface area (Å²) in [7, 11) is 0. The van der Waals surface area contributed by atoms with Gasteiger partial charge in [0.05, 0.1) is 6.04 Å². The summed E-state index contributed by atoms with van der Waals surface area (Å²) in [5.41, 5.74) is 6.63. The second kappa shape index (κ2) is 5.02. The standard InChI is InChI=1S/C12H16ClN3O/c1-8(14)12(17)16(10-3-4-10)7-9-2-5-11(13)15-6-9/h2,5-6,8,10H,3-4,7,14H2,1H3. The lowest BCUT2D eigenvalue weighted by Crippen LogP contribution is -2.42. The van der Waals surface area contributed by atoms with E-state index in [1.807, 2.05) is 11.0 Å². The second-order valence-corrected chi connectivity index (χ2v) is 4.86. The lowest BCUT2D eigenvalue weighted by Gasteiger charge is -2.24. The average molecular weight is 254 g/mol. The maximum atomic E-state index is 12.0. The van der Waals surface area contributed by atoms with Crippen molar-refractivity contribution < 1.29 is 4.79 Å². The topological polar surface area (TPSA) is 59.2 Å². The van der Waals surface area contributed by atoms with Crippen molar-refractivity contribution in [1.29, 1.82) is 0 Å². The molecule has 1 fully saturated rings. The molecule has 1 aliphatic rings. The van der Waals surface area contributed by atoms with E-state index < -0.39 is 6.04 Å².